The molecule has 1 aliphatic rings. The van der Waals surface area contributed by atoms with E-state index in [2.05, 4.69) is 10.5 Å². The predicted molar refractivity (Wildman–Crippen MR) is 96.5 cm³/mol. The van der Waals surface area contributed by atoms with E-state index in [0.29, 0.717) is 36.0 Å². The normalized spacial score (nSPS) is 13.4. The van der Waals surface area contributed by atoms with E-state index in [-0.39, 0.29) is 11.8 Å². The summed E-state index contributed by atoms with van der Waals surface area (Å²) in [5.74, 6) is 0.334. The minimum atomic E-state index is -0.300. The van der Waals surface area contributed by atoms with Gasteiger partial charge >= 0.3 is 6.03 Å². The van der Waals surface area contributed by atoms with Gasteiger partial charge in [0.1, 0.15) is 11.5 Å². The molecule has 0 radical (unpaired) electrons. The van der Waals surface area contributed by atoms with Crippen molar-refractivity contribution in [1.29, 1.82) is 0 Å². The van der Waals surface area contributed by atoms with Gasteiger partial charge in [-0.1, -0.05) is 22.8 Å². The molecule has 0 bridgehead atoms. The summed E-state index contributed by atoms with van der Waals surface area (Å²) in [6.45, 7) is 0.890. The Balaban J connectivity index is 1.50. The maximum atomic E-state index is 13.1. The molecule has 0 fully saturated rings. The fourth-order valence-corrected chi connectivity index (χ4v) is 3.19. The van der Waals surface area contributed by atoms with Crippen molar-refractivity contribution in [3.8, 4) is 11.3 Å². The number of hydrogen-bond donors (Lipinski definition) is 1. The summed E-state index contributed by atoms with van der Waals surface area (Å²) < 4.78 is 18.6. The molecular formula is C19H15ClFN3O2. The zero-order chi connectivity index (χ0) is 18.1. The van der Waals surface area contributed by atoms with Crippen LogP contribution in [0.25, 0.3) is 11.3 Å². The van der Waals surface area contributed by atoms with E-state index < -0.39 is 0 Å². The fraction of sp³-hybridized carbons (Fsp3) is 0.158. The Morgan fingerprint density at radius 1 is 1.23 bits per heavy atom. The van der Waals surface area contributed by atoms with Crippen molar-refractivity contribution in [2.45, 2.75) is 13.0 Å². The van der Waals surface area contributed by atoms with E-state index in [9.17, 15) is 9.18 Å². The second-order valence-corrected chi connectivity index (χ2v) is 6.49. The monoisotopic (exact) mass is 371 g/mol. The number of hydrogen-bond acceptors (Lipinski definition) is 3. The summed E-state index contributed by atoms with van der Waals surface area (Å²) in [6.07, 6.45) is 0.620. The standard InChI is InChI=1S/C19H15ClFN3O2/c20-13-2-1-3-15(10-13)22-19(25)24-9-8-16-17(11-24)23-26-18(16)12-4-6-14(21)7-5-12/h1-7,10H,8-9,11H2,(H,22,25). The van der Waals surface area contributed by atoms with Crippen molar-refractivity contribution in [3.63, 3.8) is 0 Å². The van der Waals surface area contributed by atoms with Gasteiger partial charge in [-0.05, 0) is 48.9 Å². The number of rotatable bonds is 2. The first kappa shape index (κ1) is 16.6. The molecule has 132 valence electrons. The first-order valence-corrected chi connectivity index (χ1v) is 8.53. The average molecular weight is 372 g/mol. The summed E-state index contributed by atoms with van der Waals surface area (Å²) in [5.41, 5.74) is 3.10. The molecule has 1 aliphatic heterocycles. The first-order valence-electron chi connectivity index (χ1n) is 8.15. The summed E-state index contributed by atoms with van der Waals surface area (Å²) in [4.78, 5) is 14.1. The van der Waals surface area contributed by atoms with Gasteiger partial charge in [0.2, 0.25) is 0 Å². The highest BCUT2D eigenvalue weighted by atomic mass is 35.5. The number of amides is 2. The Morgan fingerprint density at radius 2 is 2.04 bits per heavy atom. The van der Waals surface area contributed by atoms with E-state index in [1.165, 1.54) is 12.1 Å². The average Bonchev–Trinajstić information content (AvgIpc) is 3.05. The lowest BCUT2D eigenvalue weighted by Gasteiger charge is -2.26. The van der Waals surface area contributed by atoms with Crippen molar-refractivity contribution in [3.05, 3.63) is 70.6 Å². The molecule has 2 amide bonds. The van der Waals surface area contributed by atoms with Crippen molar-refractivity contribution in [2.75, 3.05) is 11.9 Å². The van der Waals surface area contributed by atoms with Crippen molar-refractivity contribution < 1.29 is 13.7 Å². The number of halogens is 2. The molecule has 0 saturated carbocycles. The SMILES string of the molecule is O=C(Nc1cccc(Cl)c1)N1CCc2c(noc2-c2ccc(F)cc2)C1. The molecule has 2 heterocycles. The molecule has 5 nitrogen and oxygen atoms in total. The van der Waals surface area contributed by atoms with E-state index >= 15 is 0 Å². The molecule has 26 heavy (non-hydrogen) atoms. The van der Waals surface area contributed by atoms with E-state index in [0.717, 1.165) is 16.8 Å². The lowest BCUT2D eigenvalue weighted by atomic mass is 10.0. The second-order valence-electron chi connectivity index (χ2n) is 6.06. The number of nitrogens with zero attached hydrogens (tertiary/aromatic N) is 2. The molecule has 0 unspecified atom stereocenters. The van der Waals surface area contributed by atoms with Crippen molar-refractivity contribution in [1.82, 2.24) is 10.1 Å². The molecule has 0 atom stereocenters. The highest BCUT2D eigenvalue weighted by molar-refractivity contribution is 6.30. The van der Waals surface area contributed by atoms with Gasteiger partial charge in [-0.25, -0.2) is 9.18 Å². The Morgan fingerprint density at radius 3 is 2.81 bits per heavy atom. The minimum Gasteiger partial charge on any atom is -0.356 e. The van der Waals surface area contributed by atoms with Crippen LogP contribution in [0, 0.1) is 5.82 Å². The van der Waals surface area contributed by atoms with Gasteiger partial charge in [-0.2, -0.15) is 0 Å². The number of fused-ring (bicyclic) bond motifs is 1. The quantitative estimate of drug-likeness (QED) is 0.708. The lowest BCUT2D eigenvalue weighted by Crippen LogP contribution is -2.38. The van der Waals surface area contributed by atoms with Gasteiger partial charge in [0.05, 0.1) is 6.54 Å². The van der Waals surface area contributed by atoms with E-state index in [1.54, 1.807) is 41.3 Å². The first-order chi connectivity index (χ1) is 12.6. The molecule has 3 aromatic rings. The van der Waals surface area contributed by atoms with Crippen LogP contribution in [0.5, 0.6) is 0 Å². The Bertz CT molecular complexity index is 956. The second kappa shape index (κ2) is 6.80. The van der Waals surface area contributed by atoms with Crippen LogP contribution in [0.1, 0.15) is 11.3 Å². The maximum Gasteiger partial charge on any atom is 0.322 e. The van der Waals surface area contributed by atoms with Crippen LogP contribution < -0.4 is 5.32 Å². The Labute approximate surface area is 154 Å². The molecule has 0 saturated heterocycles. The summed E-state index contributed by atoms with van der Waals surface area (Å²) >= 11 is 5.94. The lowest BCUT2D eigenvalue weighted by molar-refractivity contribution is 0.205. The van der Waals surface area contributed by atoms with E-state index in [1.807, 2.05) is 0 Å². The van der Waals surface area contributed by atoms with E-state index in [4.69, 9.17) is 16.1 Å². The number of aromatic nitrogens is 1. The molecule has 0 aliphatic carbocycles. The van der Waals surface area contributed by atoms with Crippen LogP contribution in [0.2, 0.25) is 5.02 Å². The number of anilines is 1. The summed E-state index contributed by atoms with van der Waals surface area (Å²) in [6, 6.07) is 12.9. The molecule has 0 spiro atoms. The van der Waals surface area contributed by atoms with Crippen LogP contribution in [-0.4, -0.2) is 22.6 Å². The number of benzene rings is 2. The maximum absolute atomic E-state index is 13.1. The molecular weight excluding hydrogens is 357 g/mol. The van der Waals surface area contributed by atoms with Crippen LogP contribution >= 0.6 is 11.6 Å². The van der Waals surface area contributed by atoms with Crippen LogP contribution in [0.3, 0.4) is 0 Å². The molecule has 1 aromatic heterocycles. The van der Waals surface area contributed by atoms with Crippen LogP contribution in [0.4, 0.5) is 14.9 Å². The Hall–Kier alpha value is -2.86. The van der Waals surface area contributed by atoms with Gasteiger partial charge in [0, 0.05) is 28.4 Å². The van der Waals surface area contributed by atoms with Gasteiger partial charge in [0.15, 0.2) is 5.76 Å². The molecule has 7 heteroatoms. The largest absolute Gasteiger partial charge is 0.356 e. The Kier molecular flexibility index (Phi) is 4.34. The van der Waals surface area contributed by atoms with Gasteiger partial charge < -0.3 is 14.7 Å². The minimum absolute atomic E-state index is 0.218. The third-order valence-electron chi connectivity index (χ3n) is 4.31. The van der Waals surface area contributed by atoms with Gasteiger partial charge in [-0.15, -0.1) is 0 Å². The fourth-order valence-electron chi connectivity index (χ4n) is 3.00. The van der Waals surface area contributed by atoms with Crippen molar-refractivity contribution >= 4 is 23.3 Å². The smallest absolute Gasteiger partial charge is 0.322 e. The third kappa shape index (κ3) is 3.28. The predicted octanol–water partition coefficient (Wildman–Crippen LogP) is 4.72. The number of carbonyl (C=O) groups is 1. The highest BCUT2D eigenvalue weighted by Gasteiger charge is 2.27. The van der Waals surface area contributed by atoms with Gasteiger partial charge in [0.25, 0.3) is 0 Å². The summed E-state index contributed by atoms with van der Waals surface area (Å²) in [5, 5.41) is 7.49. The topological polar surface area (TPSA) is 58.4 Å². The summed E-state index contributed by atoms with van der Waals surface area (Å²) in [7, 11) is 0. The van der Waals surface area contributed by atoms with Crippen LogP contribution in [-0.2, 0) is 13.0 Å². The number of urea groups is 1. The number of nitrogens with one attached hydrogen (secondary N) is 1. The molecule has 4 rings (SSSR count). The highest BCUT2D eigenvalue weighted by Crippen LogP contribution is 2.30. The zero-order valence-electron chi connectivity index (χ0n) is 13.7. The van der Waals surface area contributed by atoms with Crippen LogP contribution in [0.15, 0.2) is 53.1 Å². The molecule has 2 aromatic carbocycles. The van der Waals surface area contributed by atoms with Gasteiger partial charge in [-0.3, -0.25) is 0 Å². The third-order valence-corrected chi connectivity index (χ3v) is 4.55. The number of carbonyl (C=O) groups excluding carboxylic acids is 1. The van der Waals surface area contributed by atoms with Crippen molar-refractivity contribution in [2.24, 2.45) is 0 Å². The zero-order valence-corrected chi connectivity index (χ0v) is 14.5. The molecule has 1 N–H and O–H groups in total.